The number of aromatic amines is 1. The molecular weight excluding hydrogens is 294 g/mol. The maximum atomic E-state index is 12.6. The van der Waals surface area contributed by atoms with Crippen molar-refractivity contribution in [2.45, 2.75) is 69.4 Å². The molecule has 6 heteroatoms. The molecular formula is C17H23N3O3. The van der Waals surface area contributed by atoms with E-state index in [1.54, 1.807) is 0 Å². The maximum absolute atomic E-state index is 12.6. The molecule has 3 aliphatic rings. The van der Waals surface area contributed by atoms with Crippen LogP contribution in [0.5, 0.6) is 0 Å². The number of rotatable bonds is 4. The topological polar surface area (TPSA) is 84.1 Å². The summed E-state index contributed by atoms with van der Waals surface area (Å²) in [6, 6.07) is 2.03. The van der Waals surface area contributed by atoms with Crippen molar-refractivity contribution in [2.75, 3.05) is 0 Å². The normalized spacial score (nSPS) is 26.3. The minimum atomic E-state index is -0.549. The minimum Gasteiger partial charge on any atom is -0.458 e. The molecule has 6 nitrogen and oxygen atoms in total. The van der Waals surface area contributed by atoms with E-state index in [4.69, 9.17) is 4.74 Å². The highest BCUT2D eigenvalue weighted by molar-refractivity contribution is 5.87. The number of carbonyl (C=O) groups excluding carboxylic acids is 2. The molecule has 4 rings (SSSR count). The first-order valence-corrected chi connectivity index (χ1v) is 8.70. The van der Waals surface area contributed by atoms with Gasteiger partial charge in [0.25, 0.3) is 0 Å². The van der Waals surface area contributed by atoms with E-state index < -0.39 is 5.60 Å². The Balaban J connectivity index is 1.39. The first-order valence-electron chi connectivity index (χ1n) is 8.70. The van der Waals surface area contributed by atoms with Gasteiger partial charge in [-0.2, -0.15) is 5.10 Å². The summed E-state index contributed by atoms with van der Waals surface area (Å²) in [7, 11) is 0. The zero-order chi connectivity index (χ0) is 15.9. The highest BCUT2D eigenvalue weighted by Crippen LogP contribution is 2.44. The number of hydrogen-bond donors (Lipinski definition) is 2. The van der Waals surface area contributed by atoms with Gasteiger partial charge in [0, 0.05) is 5.92 Å². The van der Waals surface area contributed by atoms with Crippen LogP contribution in [0.2, 0.25) is 0 Å². The number of carbonyl (C=O) groups is 2. The Hall–Kier alpha value is -1.85. The Bertz CT molecular complexity index is 614. The quantitative estimate of drug-likeness (QED) is 0.834. The molecule has 2 aliphatic carbocycles. The number of ether oxygens (including phenoxy) is 1. The number of aromatic nitrogens is 2. The molecule has 2 heterocycles. The van der Waals surface area contributed by atoms with Crippen molar-refractivity contribution in [1.82, 2.24) is 15.5 Å². The SMILES string of the molecule is O=C1C[C@@H](C(=O)NCc2cc(C3CC3)n[nH]2)C2(CCCCC2)O1. The lowest BCUT2D eigenvalue weighted by atomic mass is 9.75. The molecule has 1 spiro atoms. The smallest absolute Gasteiger partial charge is 0.307 e. The van der Waals surface area contributed by atoms with E-state index in [1.807, 2.05) is 6.07 Å². The molecule has 0 radical (unpaired) electrons. The summed E-state index contributed by atoms with van der Waals surface area (Å²) in [5, 5.41) is 10.2. The van der Waals surface area contributed by atoms with Gasteiger partial charge in [-0.25, -0.2) is 0 Å². The fraction of sp³-hybridized carbons (Fsp3) is 0.706. The molecule has 124 valence electrons. The second-order valence-electron chi connectivity index (χ2n) is 7.17. The van der Waals surface area contributed by atoms with Crippen LogP contribution in [0.1, 0.15) is 68.7 Å². The predicted molar refractivity (Wildman–Crippen MR) is 82.4 cm³/mol. The van der Waals surface area contributed by atoms with Gasteiger partial charge in [-0.05, 0) is 44.6 Å². The maximum Gasteiger partial charge on any atom is 0.307 e. The monoisotopic (exact) mass is 317 g/mol. The Labute approximate surface area is 135 Å². The van der Waals surface area contributed by atoms with Gasteiger partial charge in [0.05, 0.1) is 30.3 Å². The van der Waals surface area contributed by atoms with Gasteiger partial charge >= 0.3 is 5.97 Å². The second kappa shape index (κ2) is 5.65. The predicted octanol–water partition coefficient (Wildman–Crippen LogP) is 2.17. The molecule has 1 aliphatic heterocycles. The fourth-order valence-corrected chi connectivity index (χ4v) is 3.99. The number of H-pyrrole nitrogens is 1. The lowest BCUT2D eigenvalue weighted by Gasteiger charge is -2.35. The van der Waals surface area contributed by atoms with Gasteiger partial charge < -0.3 is 10.1 Å². The van der Waals surface area contributed by atoms with Gasteiger partial charge in [-0.1, -0.05) is 6.42 Å². The molecule has 1 aromatic rings. The second-order valence-corrected chi connectivity index (χ2v) is 7.17. The van der Waals surface area contributed by atoms with Crippen molar-refractivity contribution in [1.29, 1.82) is 0 Å². The Kier molecular flexibility index (Phi) is 3.62. The lowest BCUT2D eigenvalue weighted by molar-refractivity contribution is -0.153. The van der Waals surface area contributed by atoms with Crippen LogP contribution in [0.15, 0.2) is 6.07 Å². The lowest BCUT2D eigenvalue weighted by Crippen LogP contribution is -2.45. The van der Waals surface area contributed by atoms with Crippen LogP contribution in [0.4, 0.5) is 0 Å². The molecule has 1 atom stereocenters. The van der Waals surface area contributed by atoms with E-state index in [0.717, 1.165) is 43.5 Å². The van der Waals surface area contributed by atoms with Crippen LogP contribution in [0.25, 0.3) is 0 Å². The Morgan fingerprint density at radius 2 is 2.13 bits per heavy atom. The average molecular weight is 317 g/mol. The van der Waals surface area contributed by atoms with Gasteiger partial charge in [0.1, 0.15) is 5.60 Å². The molecule has 2 N–H and O–H groups in total. The molecule has 2 saturated carbocycles. The summed E-state index contributed by atoms with van der Waals surface area (Å²) in [6.45, 7) is 0.430. The number of nitrogens with zero attached hydrogens (tertiary/aromatic N) is 1. The third-order valence-corrected chi connectivity index (χ3v) is 5.44. The molecule has 0 aromatic carbocycles. The van der Waals surface area contributed by atoms with Crippen molar-refractivity contribution in [3.05, 3.63) is 17.5 Å². The van der Waals surface area contributed by atoms with Crippen LogP contribution in [0, 0.1) is 5.92 Å². The number of esters is 1. The van der Waals surface area contributed by atoms with Crippen LogP contribution in [-0.2, 0) is 20.9 Å². The summed E-state index contributed by atoms with van der Waals surface area (Å²) in [5.74, 6) is -0.0480. The van der Waals surface area contributed by atoms with Gasteiger partial charge in [-0.3, -0.25) is 14.7 Å². The largest absolute Gasteiger partial charge is 0.458 e. The summed E-state index contributed by atoms with van der Waals surface area (Å²) in [4.78, 5) is 24.4. The standard InChI is InChI=1S/C17H23N3O3/c21-15-9-13(17(23-15)6-2-1-3-7-17)16(22)18-10-12-8-14(20-19-12)11-4-5-11/h8,11,13H,1-7,9-10H2,(H,18,22)(H,19,20)/t13-/m0/s1. The highest BCUT2D eigenvalue weighted by Gasteiger charge is 2.52. The highest BCUT2D eigenvalue weighted by atomic mass is 16.6. The minimum absolute atomic E-state index is 0.0691. The van der Waals surface area contributed by atoms with Crippen LogP contribution < -0.4 is 5.32 Å². The van der Waals surface area contributed by atoms with E-state index in [2.05, 4.69) is 15.5 Å². The van der Waals surface area contributed by atoms with E-state index in [0.29, 0.717) is 12.5 Å². The summed E-state index contributed by atoms with van der Waals surface area (Å²) in [6.07, 6.45) is 7.47. The van der Waals surface area contributed by atoms with Crippen molar-refractivity contribution < 1.29 is 14.3 Å². The molecule has 0 bridgehead atoms. The van der Waals surface area contributed by atoms with Gasteiger partial charge in [0.15, 0.2) is 0 Å². The molecule has 1 aromatic heterocycles. The van der Waals surface area contributed by atoms with Crippen LogP contribution >= 0.6 is 0 Å². The van der Waals surface area contributed by atoms with Crippen LogP contribution in [-0.4, -0.2) is 27.7 Å². The summed E-state index contributed by atoms with van der Waals surface area (Å²) >= 11 is 0. The zero-order valence-corrected chi connectivity index (χ0v) is 13.3. The third-order valence-electron chi connectivity index (χ3n) is 5.44. The summed E-state index contributed by atoms with van der Waals surface area (Å²) < 4.78 is 5.60. The first-order chi connectivity index (χ1) is 11.2. The number of hydrogen-bond acceptors (Lipinski definition) is 4. The van der Waals surface area contributed by atoms with Crippen molar-refractivity contribution in [3.8, 4) is 0 Å². The molecule has 23 heavy (non-hydrogen) atoms. The molecule has 1 amide bonds. The van der Waals surface area contributed by atoms with E-state index >= 15 is 0 Å². The molecule has 3 fully saturated rings. The van der Waals surface area contributed by atoms with E-state index in [9.17, 15) is 9.59 Å². The number of amides is 1. The fourth-order valence-electron chi connectivity index (χ4n) is 3.99. The van der Waals surface area contributed by atoms with Gasteiger partial charge in [0.2, 0.25) is 5.91 Å². The molecule has 1 saturated heterocycles. The van der Waals surface area contributed by atoms with E-state index in [1.165, 1.54) is 12.8 Å². The van der Waals surface area contributed by atoms with Gasteiger partial charge in [-0.15, -0.1) is 0 Å². The Morgan fingerprint density at radius 3 is 2.87 bits per heavy atom. The first kappa shape index (κ1) is 14.7. The zero-order valence-electron chi connectivity index (χ0n) is 13.3. The average Bonchev–Trinajstić information content (AvgIpc) is 3.21. The Morgan fingerprint density at radius 1 is 1.35 bits per heavy atom. The molecule has 0 unspecified atom stereocenters. The number of nitrogens with one attached hydrogen (secondary N) is 2. The van der Waals surface area contributed by atoms with Crippen LogP contribution in [0.3, 0.4) is 0 Å². The van der Waals surface area contributed by atoms with E-state index in [-0.39, 0.29) is 24.2 Å². The van der Waals surface area contributed by atoms with Crippen molar-refractivity contribution in [3.63, 3.8) is 0 Å². The third kappa shape index (κ3) is 2.86. The van der Waals surface area contributed by atoms with Crippen molar-refractivity contribution >= 4 is 11.9 Å². The summed E-state index contributed by atoms with van der Waals surface area (Å²) in [5.41, 5.74) is 1.47. The van der Waals surface area contributed by atoms with Crippen molar-refractivity contribution in [2.24, 2.45) is 5.92 Å².